The third-order valence-corrected chi connectivity index (χ3v) is 3.81. The Morgan fingerprint density at radius 2 is 1.60 bits per heavy atom. The summed E-state index contributed by atoms with van der Waals surface area (Å²) in [6.45, 7) is 7.73. The maximum atomic E-state index is 12.2. The Labute approximate surface area is 147 Å². The van der Waals surface area contributed by atoms with Gasteiger partial charge in [-0.25, -0.2) is 9.59 Å². The van der Waals surface area contributed by atoms with E-state index in [0.29, 0.717) is 16.8 Å². The van der Waals surface area contributed by atoms with E-state index in [4.69, 9.17) is 14.2 Å². The first-order chi connectivity index (χ1) is 11.8. The van der Waals surface area contributed by atoms with E-state index >= 15 is 0 Å². The number of aromatic amines is 1. The van der Waals surface area contributed by atoms with Crippen molar-refractivity contribution in [1.29, 1.82) is 0 Å². The lowest BCUT2D eigenvalue weighted by molar-refractivity contribution is 0.0443. The van der Waals surface area contributed by atoms with Crippen LogP contribution in [-0.4, -0.2) is 37.2 Å². The van der Waals surface area contributed by atoms with E-state index < -0.39 is 11.9 Å². The highest BCUT2D eigenvalue weighted by Crippen LogP contribution is 2.20. The first-order valence-corrected chi connectivity index (χ1v) is 7.99. The molecule has 6 heteroatoms. The number of benzene rings is 1. The summed E-state index contributed by atoms with van der Waals surface area (Å²) in [5, 5.41) is 0. The molecule has 0 atom stereocenters. The van der Waals surface area contributed by atoms with Crippen LogP contribution in [0.5, 0.6) is 5.75 Å². The average Bonchev–Trinajstić information content (AvgIpc) is 2.84. The van der Waals surface area contributed by atoms with Gasteiger partial charge in [-0.3, -0.25) is 0 Å². The second kappa shape index (κ2) is 7.88. The van der Waals surface area contributed by atoms with Crippen molar-refractivity contribution in [3.63, 3.8) is 0 Å². The number of H-pyrrole nitrogens is 1. The molecule has 2 rings (SSSR count). The third-order valence-electron chi connectivity index (χ3n) is 3.81. The molecule has 0 bridgehead atoms. The first kappa shape index (κ1) is 18.6. The van der Waals surface area contributed by atoms with Crippen molar-refractivity contribution in [1.82, 2.24) is 4.98 Å². The van der Waals surface area contributed by atoms with Crippen LogP contribution < -0.4 is 4.74 Å². The van der Waals surface area contributed by atoms with Crippen LogP contribution in [0.25, 0.3) is 0 Å². The fourth-order valence-corrected chi connectivity index (χ4v) is 2.74. The number of aryl methyl sites for hydroxylation is 3. The van der Waals surface area contributed by atoms with E-state index in [9.17, 15) is 9.59 Å². The Hall–Kier alpha value is -2.76. The fraction of sp³-hybridized carbons (Fsp3) is 0.368. The molecule has 0 fully saturated rings. The van der Waals surface area contributed by atoms with E-state index in [0.717, 1.165) is 16.9 Å². The van der Waals surface area contributed by atoms with Crippen LogP contribution in [0, 0.1) is 27.7 Å². The first-order valence-electron chi connectivity index (χ1n) is 7.99. The van der Waals surface area contributed by atoms with Gasteiger partial charge in [0.1, 0.15) is 24.7 Å². The monoisotopic (exact) mass is 345 g/mol. The van der Waals surface area contributed by atoms with Gasteiger partial charge in [0.15, 0.2) is 0 Å². The maximum absolute atomic E-state index is 12.2. The van der Waals surface area contributed by atoms with Crippen LogP contribution in [0.1, 0.15) is 43.2 Å². The molecule has 1 aromatic heterocycles. The van der Waals surface area contributed by atoms with E-state index in [1.54, 1.807) is 13.8 Å². The molecule has 6 nitrogen and oxygen atoms in total. The van der Waals surface area contributed by atoms with Crippen molar-refractivity contribution in [2.75, 3.05) is 20.3 Å². The minimum atomic E-state index is -0.528. The average molecular weight is 345 g/mol. The molecule has 0 spiro atoms. The lowest BCUT2D eigenvalue weighted by Crippen LogP contribution is -2.14. The number of aromatic nitrogens is 1. The number of hydrogen-bond donors (Lipinski definition) is 1. The van der Waals surface area contributed by atoms with Gasteiger partial charge in [0.2, 0.25) is 0 Å². The van der Waals surface area contributed by atoms with Crippen molar-refractivity contribution in [3.8, 4) is 5.75 Å². The van der Waals surface area contributed by atoms with Crippen LogP contribution in [0.4, 0.5) is 0 Å². The summed E-state index contributed by atoms with van der Waals surface area (Å²) in [4.78, 5) is 26.8. The van der Waals surface area contributed by atoms with Crippen LogP contribution in [0.15, 0.2) is 18.2 Å². The van der Waals surface area contributed by atoms with Gasteiger partial charge in [-0.05, 0) is 56.5 Å². The number of methoxy groups -OCH3 is 1. The fourth-order valence-electron chi connectivity index (χ4n) is 2.74. The molecule has 0 saturated carbocycles. The lowest BCUT2D eigenvalue weighted by Gasteiger charge is -2.09. The largest absolute Gasteiger partial charge is 0.490 e. The van der Waals surface area contributed by atoms with Crippen LogP contribution in [-0.2, 0) is 9.47 Å². The van der Waals surface area contributed by atoms with Gasteiger partial charge in [-0.1, -0.05) is 6.07 Å². The number of carbonyl (C=O) groups excluding carboxylic acids is 2. The van der Waals surface area contributed by atoms with Crippen LogP contribution in [0.2, 0.25) is 0 Å². The molecule has 1 heterocycles. The summed E-state index contributed by atoms with van der Waals surface area (Å²) in [6, 6.07) is 5.91. The number of ether oxygens (including phenoxy) is 3. The molecular weight excluding hydrogens is 322 g/mol. The van der Waals surface area contributed by atoms with Crippen molar-refractivity contribution < 1.29 is 23.8 Å². The summed E-state index contributed by atoms with van der Waals surface area (Å²) in [5.41, 5.74) is 3.93. The summed E-state index contributed by atoms with van der Waals surface area (Å²) in [5.74, 6) is -0.267. The zero-order valence-electron chi connectivity index (χ0n) is 15.2. The Balaban J connectivity index is 1.93. The predicted molar refractivity (Wildman–Crippen MR) is 93.3 cm³/mol. The summed E-state index contributed by atoms with van der Waals surface area (Å²) in [7, 11) is 1.30. The molecule has 0 aliphatic heterocycles. The van der Waals surface area contributed by atoms with Crippen molar-refractivity contribution >= 4 is 11.9 Å². The van der Waals surface area contributed by atoms with Gasteiger partial charge in [-0.2, -0.15) is 0 Å². The standard InChI is InChI=1S/C19H23NO5/c1-11-8-12(2)10-15(9-11)24-6-7-25-19(22)17-13(3)16(14(4)20-17)18(21)23-5/h8-10,20H,6-7H2,1-5H3. The minimum absolute atomic E-state index is 0.108. The van der Waals surface area contributed by atoms with E-state index in [2.05, 4.69) is 11.1 Å². The Morgan fingerprint density at radius 1 is 0.960 bits per heavy atom. The molecule has 1 N–H and O–H groups in total. The van der Waals surface area contributed by atoms with E-state index in [1.165, 1.54) is 7.11 Å². The van der Waals surface area contributed by atoms with Gasteiger partial charge in [-0.15, -0.1) is 0 Å². The number of esters is 2. The summed E-state index contributed by atoms with van der Waals surface area (Å²) < 4.78 is 15.6. The molecule has 0 aliphatic rings. The van der Waals surface area contributed by atoms with Gasteiger partial charge >= 0.3 is 11.9 Å². The molecule has 0 radical (unpaired) electrons. The smallest absolute Gasteiger partial charge is 0.355 e. The van der Waals surface area contributed by atoms with Crippen molar-refractivity contribution in [2.24, 2.45) is 0 Å². The predicted octanol–water partition coefficient (Wildman–Crippen LogP) is 3.27. The zero-order chi connectivity index (χ0) is 18.6. The molecule has 0 saturated heterocycles. The van der Waals surface area contributed by atoms with Crippen molar-refractivity contribution in [3.05, 3.63) is 51.8 Å². The SMILES string of the molecule is COC(=O)c1c(C)[nH]c(C(=O)OCCOc2cc(C)cc(C)c2)c1C. The summed E-state index contributed by atoms with van der Waals surface area (Å²) >= 11 is 0. The zero-order valence-corrected chi connectivity index (χ0v) is 15.2. The molecular formula is C19H23NO5. The maximum Gasteiger partial charge on any atom is 0.355 e. The molecule has 134 valence electrons. The minimum Gasteiger partial charge on any atom is -0.490 e. The molecule has 0 unspecified atom stereocenters. The van der Waals surface area contributed by atoms with Crippen LogP contribution in [0.3, 0.4) is 0 Å². The van der Waals surface area contributed by atoms with Gasteiger partial charge < -0.3 is 19.2 Å². The van der Waals surface area contributed by atoms with Crippen LogP contribution >= 0.6 is 0 Å². The number of rotatable bonds is 6. The van der Waals surface area contributed by atoms with Gasteiger partial charge in [0.05, 0.1) is 12.7 Å². The molecule has 0 aliphatic carbocycles. The number of nitrogens with one attached hydrogen (secondary N) is 1. The topological polar surface area (TPSA) is 77.6 Å². The second-order valence-electron chi connectivity index (χ2n) is 5.92. The Morgan fingerprint density at radius 3 is 2.20 bits per heavy atom. The van der Waals surface area contributed by atoms with E-state index in [-0.39, 0.29) is 18.9 Å². The molecule has 2 aromatic rings. The highest BCUT2D eigenvalue weighted by Gasteiger charge is 2.23. The quantitative estimate of drug-likeness (QED) is 0.642. The highest BCUT2D eigenvalue weighted by molar-refractivity contribution is 5.98. The second-order valence-corrected chi connectivity index (χ2v) is 5.92. The van der Waals surface area contributed by atoms with Gasteiger partial charge in [0, 0.05) is 5.69 Å². The number of hydrogen-bond acceptors (Lipinski definition) is 5. The normalized spacial score (nSPS) is 10.4. The lowest BCUT2D eigenvalue weighted by atomic mass is 10.1. The Kier molecular flexibility index (Phi) is 5.85. The summed E-state index contributed by atoms with van der Waals surface area (Å²) in [6.07, 6.45) is 0. The molecule has 25 heavy (non-hydrogen) atoms. The highest BCUT2D eigenvalue weighted by atomic mass is 16.6. The van der Waals surface area contributed by atoms with Crippen molar-refractivity contribution in [2.45, 2.75) is 27.7 Å². The third kappa shape index (κ3) is 4.41. The molecule has 0 amide bonds. The van der Waals surface area contributed by atoms with Gasteiger partial charge in [0.25, 0.3) is 0 Å². The van der Waals surface area contributed by atoms with E-state index in [1.807, 2.05) is 26.0 Å². The Bertz CT molecular complexity index is 771. The molecule has 1 aromatic carbocycles. The number of carbonyl (C=O) groups is 2.